The van der Waals surface area contributed by atoms with E-state index in [2.05, 4.69) is 5.32 Å². The van der Waals surface area contributed by atoms with Crippen LogP contribution in [0.15, 0.2) is 24.3 Å². The van der Waals surface area contributed by atoms with E-state index in [1.54, 1.807) is 24.3 Å². The van der Waals surface area contributed by atoms with Crippen LogP contribution >= 0.6 is 0 Å². The first-order valence-corrected chi connectivity index (χ1v) is 7.42. The molecule has 2 atom stereocenters. The summed E-state index contributed by atoms with van der Waals surface area (Å²) < 4.78 is 4.70. The van der Waals surface area contributed by atoms with Gasteiger partial charge in [-0.2, -0.15) is 5.26 Å². The standard InChI is InChI=1S/C17H22N2O4/c1-11(2)8-15(20)16(21)19-14(17(22)23-3)9-12-4-6-13(10-18)7-5-12/h4-7,11,14-15,20H,8-9H2,1-3H3,(H,19,21)/t14-,15+/m1/s1. The van der Waals surface area contributed by atoms with Gasteiger partial charge < -0.3 is 15.2 Å². The first-order chi connectivity index (χ1) is 10.9. The van der Waals surface area contributed by atoms with E-state index in [9.17, 15) is 14.7 Å². The number of nitrogens with one attached hydrogen (secondary N) is 1. The number of aliphatic hydroxyl groups excluding tert-OH is 1. The van der Waals surface area contributed by atoms with E-state index < -0.39 is 24.0 Å². The molecular weight excluding hydrogens is 296 g/mol. The molecule has 0 heterocycles. The van der Waals surface area contributed by atoms with Crippen molar-refractivity contribution in [1.82, 2.24) is 5.32 Å². The molecule has 23 heavy (non-hydrogen) atoms. The van der Waals surface area contributed by atoms with Gasteiger partial charge in [0, 0.05) is 6.42 Å². The van der Waals surface area contributed by atoms with Crippen molar-refractivity contribution in [3.8, 4) is 6.07 Å². The molecule has 124 valence electrons. The minimum absolute atomic E-state index is 0.158. The van der Waals surface area contributed by atoms with Gasteiger partial charge >= 0.3 is 5.97 Å². The third-order valence-corrected chi connectivity index (χ3v) is 3.32. The molecule has 0 aromatic heterocycles. The van der Waals surface area contributed by atoms with Gasteiger partial charge in [0.05, 0.1) is 18.7 Å². The van der Waals surface area contributed by atoms with E-state index in [1.807, 2.05) is 19.9 Å². The second kappa shape index (κ2) is 8.91. The Labute approximate surface area is 136 Å². The number of rotatable bonds is 7. The number of amides is 1. The Balaban J connectivity index is 2.78. The lowest BCUT2D eigenvalue weighted by Crippen LogP contribution is -2.47. The number of benzene rings is 1. The Morgan fingerprint density at radius 3 is 2.39 bits per heavy atom. The van der Waals surface area contributed by atoms with E-state index >= 15 is 0 Å². The van der Waals surface area contributed by atoms with Crippen molar-refractivity contribution < 1.29 is 19.4 Å². The first kappa shape index (κ1) is 18.7. The maximum Gasteiger partial charge on any atom is 0.328 e. The van der Waals surface area contributed by atoms with Crippen LogP contribution in [-0.2, 0) is 20.7 Å². The predicted molar refractivity (Wildman–Crippen MR) is 84.3 cm³/mol. The number of carbonyl (C=O) groups excluding carboxylic acids is 2. The van der Waals surface area contributed by atoms with Crippen LogP contribution < -0.4 is 5.32 Å². The monoisotopic (exact) mass is 318 g/mol. The van der Waals surface area contributed by atoms with Crippen molar-refractivity contribution in [2.75, 3.05) is 7.11 Å². The molecule has 1 amide bonds. The number of esters is 1. The molecule has 0 aliphatic heterocycles. The predicted octanol–water partition coefficient (Wildman–Crippen LogP) is 1.17. The highest BCUT2D eigenvalue weighted by molar-refractivity contribution is 5.87. The average molecular weight is 318 g/mol. The van der Waals surface area contributed by atoms with Crippen LogP contribution in [0.1, 0.15) is 31.4 Å². The zero-order chi connectivity index (χ0) is 17.4. The third-order valence-electron chi connectivity index (χ3n) is 3.32. The van der Waals surface area contributed by atoms with E-state index in [0.717, 1.165) is 5.56 Å². The molecule has 6 heteroatoms. The lowest BCUT2D eigenvalue weighted by Gasteiger charge is -2.19. The number of hydrogen-bond acceptors (Lipinski definition) is 5. The van der Waals surface area contributed by atoms with Crippen molar-refractivity contribution in [3.05, 3.63) is 35.4 Å². The molecule has 2 N–H and O–H groups in total. The zero-order valence-electron chi connectivity index (χ0n) is 13.6. The summed E-state index contributed by atoms with van der Waals surface area (Å²) in [6.07, 6.45) is -0.627. The Morgan fingerprint density at radius 1 is 1.30 bits per heavy atom. The number of hydrogen-bond donors (Lipinski definition) is 2. The fourth-order valence-corrected chi connectivity index (χ4v) is 2.11. The molecule has 0 fully saturated rings. The number of carbonyl (C=O) groups is 2. The van der Waals surface area contributed by atoms with E-state index in [4.69, 9.17) is 10.00 Å². The maximum atomic E-state index is 12.0. The molecule has 0 saturated carbocycles. The second-order valence-electron chi connectivity index (χ2n) is 5.74. The summed E-state index contributed by atoms with van der Waals surface area (Å²) in [6.45, 7) is 3.79. The first-order valence-electron chi connectivity index (χ1n) is 7.42. The lowest BCUT2D eigenvalue weighted by molar-refractivity contribution is -0.146. The van der Waals surface area contributed by atoms with Crippen LogP contribution in [0.5, 0.6) is 0 Å². The summed E-state index contributed by atoms with van der Waals surface area (Å²) in [7, 11) is 1.24. The highest BCUT2D eigenvalue weighted by Gasteiger charge is 2.25. The number of ether oxygens (including phenoxy) is 1. The highest BCUT2D eigenvalue weighted by atomic mass is 16.5. The molecule has 0 bridgehead atoms. The third kappa shape index (κ3) is 6.09. The maximum absolute atomic E-state index is 12.0. The van der Waals surface area contributed by atoms with Gasteiger partial charge in [0.15, 0.2) is 0 Å². The lowest BCUT2D eigenvalue weighted by atomic mass is 10.0. The molecule has 0 unspecified atom stereocenters. The minimum atomic E-state index is -1.16. The van der Waals surface area contributed by atoms with Gasteiger partial charge in [-0.05, 0) is 30.0 Å². The SMILES string of the molecule is COC(=O)[C@@H](Cc1ccc(C#N)cc1)NC(=O)[C@@H](O)CC(C)C. The van der Waals surface area contributed by atoms with Gasteiger partial charge in [-0.1, -0.05) is 26.0 Å². The Hall–Kier alpha value is -2.39. The van der Waals surface area contributed by atoms with E-state index in [1.165, 1.54) is 7.11 Å². The topological polar surface area (TPSA) is 99.4 Å². The van der Waals surface area contributed by atoms with Gasteiger partial charge in [-0.3, -0.25) is 4.79 Å². The van der Waals surface area contributed by atoms with E-state index in [0.29, 0.717) is 12.0 Å². The number of aliphatic hydroxyl groups is 1. The molecule has 6 nitrogen and oxygen atoms in total. The van der Waals surface area contributed by atoms with Crippen LogP contribution in [0.4, 0.5) is 0 Å². The number of nitriles is 1. The van der Waals surface area contributed by atoms with E-state index in [-0.39, 0.29) is 12.3 Å². The molecule has 1 aromatic carbocycles. The smallest absolute Gasteiger partial charge is 0.328 e. The van der Waals surface area contributed by atoms with Gasteiger partial charge in [-0.25, -0.2) is 4.79 Å². The second-order valence-corrected chi connectivity index (χ2v) is 5.74. The van der Waals surface area contributed by atoms with Crippen LogP contribution in [0.2, 0.25) is 0 Å². The fourth-order valence-electron chi connectivity index (χ4n) is 2.11. The van der Waals surface area contributed by atoms with Gasteiger partial charge in [0.25, 0.3) is 0 Å². The highest BCUT2D eigenvalue weighted by Crippen LogP contribution is 2.09. The van der Waals surface area contributed by atoms with Crippen molar-refractivity contribution >= 4 is 11.9 Å². The fraction of sp³-hybridized carbons (Fsp3) is 0.471. The summed E-state index contributed by atoms with van der Waals surface area (Å²) in [6, 6.07) is 7.83. The van der Waals surface area contributed by atoms with Crippen LogP contribution in [0.3, 0.4) is 0 Å². The van der Waals surface area contributed by atoms with Crippen LogP contribution in [0, 0.1) is 17.2 Å². The Bertz CT molecular complexity index is 575. The zero-order valence-corrected chi connectivity index (χ0v) is 13.6. The van der Waals surface area contributed by atoms with Crippen LogP contribution in [0.25, 0.3) is 0 Å². The molecule has 1 aromatic rings. The summed E-state index contributed by atoms with van der Waals surface area (Å²) >= 11 is 0. The number of nitrogens with zero attached hydrogens (tertiary/aromatic N) is 1. The summed E-state index contributed by atoms with van der Waals surface area (Å²) in [5, 5.41) is 21.1. The normalized spacial score (nSPS) is 13.0. The Kier molecular flexibility index (Phi) is 7.23. The quantitative estimate of drug-likeness (QED) is 0.735. The van der Waals surface area contributed by atoms with Crippen molar-refractivity contribution in [2.24, 2.45) is 5.92 Å². The summed E-state index contributed by atoms with van der Waals surface area (Å²) in [4.78, 5) is 23.8. The van der Waals surface area contributed by atoms with Crippen LogP contribution in [-0.4, -0.2) is 36.2 Å². The average Bonchev–Trinajstić information content (AvgIpc) is 2.53. The largest absolute Gasteiger partial charge is 0.467 e. The molecule has 0 saturated heterocycles. The van der Waals surface area contributed by atoms with Gasteiger partial charge in [0.2, 0.25) is 5.91 Å². The molecule has 1 rings (SSSR count). The molecule has 0 spiro atoms. The van der Waals surface area contributed by atoms with Gasteiger partial charge in [-0.15, -0.1) is 0 Å². The van der Waals surface area contributed by atoms with Crippen molar-refractivity contribution in [2.45, 2.75) is 38.8 Å². The Morgan fingerprint density at radius 2 is 1.91 bits per heavy atom. The number of methoxy groups -OCH3 is 1. The van der Waals surface area contributed by atoms with Crippen molar-refractivity contribution in [1.29, 1.82) is 5.26 Å². The molecule has 0 aliphatic carbocycles. The molecular formula is C17H22N2O4. The molecule has 0 aliphatic rings. The minimum Gasteiger partial charge on any atom is -0.467 e. The molecule has 0 radical (unpaired) electrons. The summed E-state index contributed by atoms with van der Waals surface area (Å²) in [5.41, 5.74) is 1.29. The van der Waals surface area contributed by atoms with Crippen molar-refractivity contribution in [3.63, 3.8) is 0 Å². The summed E-state index contributed by atoms with van der Waals surface area (Å²) in [5.74, 6) is -1.02. The van der Waals surface area contributed by atoms with Gasteiger partial charge in [0.1, 0.15) is 12.1 Å².